The number of benzene rings is 2. The van der Waals surface area contributed by atoms with Crippen LogP contribution in [-0.2, 0) is 9.59 Å². The number of anilines is 1. The van der Waals surface area contributed by atoms with Crippen LogP contribution in [0.15, 0.2) is 47.4 Å². The van der Waals surface area contributed by atoms with Crippen LogP contribution >= 0.6 is 11.8 Å². The van der Waals surface area contributed by atoms with Gasteiger partial charge in [0.05, 0.1) is 19.1 Å². The Morgan fingerprint density at radius 1 is 1.07 bits per heavy atom. The highest BCUT2D eigenvalue weighted by Crippen LogP contribution is 2.34. The van der Waals surface area contributed by atoms with Crippen LogP contribution in [0.25, 0.3) is 6.08 Å². The van der Waals surface area contributed by atoms with Gasteiger partial charge in [0.2, 0.25) is 5.91 Å². The first-order valence-electron chi connectivity index (χ1n) is 8.75. The molecule has 0 atom stereocenters. The Balaban J connectivity index is 1.71. The molecule has 3 rings (SSSR count). The van der Waals surface area contributed by atoms with Gasteiger partial charge in [-0.15, -0.1) is 0 Å². The normalized spacial score (nSPS) is 15.0. The number of aryl methyl sites for hydroxylation is 1. The van der Waals surface area contributed by atoms with Gasteiger partial charge in [-0.05, 0) is 54.6 Å². The van der Waals surface area contributed by atoms with Crippen molar-refractivity contribution in [2.24, 2.45) is 0 Å². The van der Waals surface area contributed by atoms with Gasteiger partial charge in [0.15, 0.2) is 11.5 Å². The summed E-state index contributed by atoms with van der Waals surface area (Å²) in [5.74, 6) is 0.126. The Labute approximate surface area is 172 Å². The molecule has 150 valence electrons. The molecule has 1 heterocycles. The fourth-order valence-electron chi connectivity index (χ4n) is 2.71. The first-order chi connectivity index (χ1) is 13.9. The first kappa shape index (κ1) is 20.5. The maximum absolute atomic E-state index is 12.6. The van der Waals surface area contributed by atoms with Crippen LogP contribution in [0.2, 0.25) is 0 Å². The summed E-state index contributed by atoms with van der Waals surface area (Å²) in [6.45, 7) is 1.60. The standard InChI is InChI=1S/C21H20N2O5S/c1-13-4-7-15(8-5-13)22-19(24)12-23-20(25)18(29-21(23)26)11-14-6-9-16(27-2)17(10-14)28-3/h4-11H,12H2,1-3H3,(H,22,24)/b18-11-. The van der Waals surface area contributed by atoms with Gasteiger partial charge in [-0.25, -0.2) is 0 Å². The molecule has 3 amide bonds. The zero-order chi connectivity index (χ0) is 21.0. The van der Waals surface area contributed by atoms with Crippen LogP contribution in [-0.4, -0.2) is 42.7 Å². The molecule has 29 heavy (non-hydrogen) atoms. The van der Waals surface area contributed by atoms with Crippen molar-refractivity contribution < 1.29 is 23.9 Å². The molecule has 0 spiro atoms. The largest absolute Gasteiger partial charge is 0.493 e. The minimum Gasteiger partial charge on any atom is -0.493 e. The van der Waals surface area contributed by atoms with E-state index in [0.29, 0.717) is 22.7 Å². The van der Waals surface area contributed by atoms with Crippen LogP contribution in [0.3, 0.4) is 0 Å². The van der Waals surface area contributed by atoms with Gasteiger partial charge < -0.3 is 14.8 Å². The molecule has 0 aliphatic carbocycles. The van der Waals surface area contributed by atoms with Crippen LogP contribution < -0.4 is 14.8 Å². The third-order valence-electron chi connectivity index (χ3n) is 4.22. The van der Waals surface area contributed by atoms with E-state index in [1.807, 2.05) is 19.1 Å². The number of carbonyl (C=O) groups is 3. The third-order valence-corrected chi connectivity index (χ3v) is 5.12. The van der Waals surface area contributed by atoms with E-state index in [2.05, 4.69) is 5.32 Å². The van der Waals surface area contributed by atoms with Crippen LogP contribution in [0.4, 0.5) is 10.5 Å². The van der Waals surface area contributed by atoms with E-state index in [1.54, 1.807) is 36.4 Å². The molecule has 0 saturated carbocycles. The number of nitrogens with one attached hydrogen (secondary N) is 1. The Morgan fingerprint density at radius 2 is 1.76 bits per heavy atom. The second-order valence-electron chi connectivity index (χ2n) is 6.30. The Kier molecular flexibility index (Phi) is 6.23. The zero-order valence-electron chi connectivity index (χ0n) is 16.2. The molecule has 0 unspecified atom stereocenters. The SMILES string of the molecule is COc1ccc(/C=C2\SC(=O)N(CC(=O)Nc3ccc(C)cc3)C2=O)cc1OC. The van der Waals surface area contributed by atoms with E-state index in [-0.39, 0.29) is 11.4 Å². The quantitative estimate of drug-likeness (QED) is 0.729. The number of ether oxygens (including phenoxy) is 2. The summed E-state index contributed by atoms with van der Waals surface area (Å²) >= 11 is 0.797. The Hall–Kier alpha value is -3.26. The van der Waals surface area contributed by atoms with Gasteiger partial charge in [-0.1, -0.05) is 23.8 Å². The molecular weight excluding hydrogens is 392 g/mol. The van der Waals surface area contributed by atoms with Crippen molar-refractivity contribution in [2.45, 2.75) is 6.92 Å². The zero-order valence-corrected chi connectivity index (χ0v) is 17.0. The summed E-state index contributed by atoms with van der Waals surface area (Å²) < 4.78 is 10.4. The number of methoxy groups -OCH3 is 2. The van der Waals surface area contributed by atoms with Crippen molar-refractivity contribution in [3.8, 4) is 11.5 Å². The average Bonchev–Trinajstić information content (AvgIpc) is 2.97. The number of amides is 3. The molecule has 1 N–H and O–H groups in total. The summed E-state index contributed by atoms with van der Waals surface area (Å²) in [6.07, 6.45) is 1.59. The predicted octanol–water partition coefficient (Wildman–Crippen LogP) is 3.69. The smallest absolute Gasteiger partial charge is 0.294 e. The minimum atomic E-state index is -0.506. The van der Waals surface area contributed by atoms with Crippen molar-refractivity contribution in [3.63, 3.8) is 0 Å². The Morgan fingerprint density at radius 3 is 2.41 bits per heavy atom. The fourth-order valence-corrected chi connectivity index (χ4v) is 3.55. The fraction of sp³-hybridized carbons (Fsp3) is 0.190. The third kappa shape index (κ3) is 4.78. The summed E-state index contributed by atoms with van der Waals surface area (Å²) in [4.78, 5) is 38.3. The van der Waals surface area contributed by atoms with Gasteiger partial charge in [0.25, 0.3) is 11.1 Å². The van der Waals surface area contributed by atoms with Crippen molar-refractivity contribution in [2.75, 3.05) is 26.1 Å². The lowest BCUT2D eigenvalue weighted by molar-refractivity contribution is -0.127. The van der Waals surface area contributed by atoms with Crippen molar-refractivity contribution in [1.82, 2.24) is 4.90 Å². The van der Waals surface area contributed by atoms with E-state index in [4.69, 9.17) is 9.47 Å². The first-order valence-corrected chi connectivity index (χ1v) is 9.57. The van der Waals surface area contributed by atoms with Crippen LogP contribution in [0.1, 0.15) is 11.1 Å². The van der Waals surface area contributed by atoms with E-state index in [0.717, 1.165) is 22.2 Å². The summed E-state index contributed by atoms with van der Waals surface area (Å²) in [6, 6.07) is 12.4. The maximum Gasteiger partial charge on any atom is 0.294 e. The number of hydrogen-bond donors (Lipinski definition) is 1. The molecule has 1 aliphatic heterocycles. The number of nitrogens with zero attached hydrogens (tertiary/aromatic N) is 1. The second-order valence-corrected chi connectivity index (χ2v) is 7.29. The summed E-state index contributed by atoms with van der Waals surface area (Å²) in [5.41, 5.74) is 2.35. The van der Waals surface area contributed by atoms with Crippen LogP contribution in [0, 0.1) is 6.92 Å². The molecule has 7 nitrogen and oxygen atoms in total. The lowest BCUT2D eigenvalue weighted by atomic mass is 10.2. The summed E-state index contributed by atoms with van der Waals surface area (Å²) in [7, 11) is 3.05. The van der Waals surface area contributed by atoms with Crippen molar-refractivity contribution in [1.29, 1.82) is 0 Å². The van der Waals surface area contributed by atoms with Crippen LogP contribution in [0.5, 0.6) is 11.5 Å². The molecule has 2 aromatic rings. The molecule has 0 aromatic heterocycles. The monoisotopic (exact) mass is 412 g/mol. The maximum atomic E-state index is 12.6. The molecule has 1 saturated heterocycles. The molecule has 0 bridgehead atoms. The van der Waals surface area contributed by atoms with Gasteiger partial charge in [0, 0.05) is 5.69 Å². The molecule has 2 aromatic carbocycles. The lowest BCUT2D eigenvalue weighted by Gasteiger charge is -2.12. The molecule has 1 aliphatic rings. The van der Waals surface area contributed by atoms with Crippen molar-refractivity contribution in [3.05, 3.63) is 58.5 Å². The van der Waals surface area contributed by atoms with Gasteiger partial charge >= 0.3 is 0 Å². The second kappa shape index (κ2) is 8.83. The Bertz CT molecular complexity index is 985. The summed E-state index contributed by atoms with van der Waals surface area (Å²) in [5, 5.41) is 2.20. The van der Waals surface area contributed by atoms with E-state index >= 15 is 0 Å². The van der Waals surface area contributed by atoms with E-state index in [9.17, 15) is 14.4 Å². The van der Waals surface area contributed by atoms with Gasteiger partial charge in [0.1, 0.15) is 6.54 Å². The van der Waals surface area contributed by atoms with E-state index in [1.165, 1.54) is 14.2 Å². The van der Waals surface area contributed by atoms with Gasteiger partial charge in [-0.2, -0.15) is 0 Å². The topological polar surface area (TPSA) is 84.9 Å². The highest BCUT2D eigenvalue weighted by atomic mass is 32.2. The molecule has 1 fully saturated rings. The highest BCUT2D eigenvalue weighted by molar-refractivity contribution is 8.18. The van der Waals surface area contributed by atoms with E-state index < -0.39 is 17.1 Å². The lowest BCUT2D eigenvalue weighted by Crippen LogP contribution is -2.36. The number of thioether (sulfide) groups is 1. The van der Waals surface area contributed by atoms with Crippen molar-refractivity contribution >= 4 is 40.6 Å². The minimum absolute atomic E-state index is 0.241. The molecule has 0 radical (unpaired) electrons. The number of rotatable bonds is 6. The number of hydrogen-bond acceptors (Lipinski definition) is 6. The number of carbonyl (C=O) groups excluding carboxylic acids is 3. The molecular formula is C21H20N2O5S. The van der Waals surface area contributed by atoms with Gasteiger partial charge in [-0.3, -0.25) is 19.3 Å². The highest BCUT2D eigenvalue weighted by Gasteiger charge is 2.36. The molecule has 8 heteroatoms. The predicted molar refractivity (Wildman–Crippen MR) is 112 cm³/mol. The average molecular weight is 412 g/mol. The number of imide groups is 1.